The average Bonchev–Trinajstić information content (AvgIpc) is 2.04. The lowest BCUT2D eigenvalue weighted by molar-refractivity contribution is 1.18. The molecule has 0 radical (unpaired) electrons. The van der Waals surface area contributed by atoms with Gasteiger partial charge in [0.1, 0.15) is 5.15 Å². The van der Waals surface area contributed by atoms with Crippen molar-refractivity contribution < 1.29 is 0 Å². The van der Waals surface area contributed by atoms with Crippen LogP contribution in [0.15, 0.2) is 17.4 Å². The van der Waals surface area contributed by atoms with E-state index in [4.69, 9.17) is 17.3 Å². The maximum atomic E-state index is 5.58. The van der Waals surface area contributed by atoms with E-state index in [-0.39, 0.29) is 24.0 Å². The summed E-state index contributed by atoms with van der Waals surface area (Å²) in [5.41, 5.74) is 5.46. The number of nitrogens with zero attached hydrogens (tertiary/aromatic N) is 3. The van der Waals surface area contributed by atoms with Gasteiger partial charge in [0.15, 0.2) is 11.0 Å². The van der Waals surface area contributed by atoms with Crippen molar-refractivity contribution in [2.75, 3.05) is 6.26 Å². The topological polar surface area (TPSA) is 64.2 Å². The lowest BCUT2D eigenvalue weighted by atomic mass is 10.7. The van der Waals surface area contributed by atoms with Crippen LogP contribution in [0, 0.1) is 0 Å². The molecule has 0 unspecified atom stereocenters. The second-order valence-electron chi connectivity index (χ2n) is 1.85. The minimum Gasteiger partial charge on any atom is -0.378 e. The minimum atomic E-state index is 0. The zero-order valence-electron chi connectivity index (χ0n) is 6.77. The van der Waals surface area contributed by atoms with Crippen LogP contribution in [0.4, 0.5) is 5.82 Å². The largest absolute Gasteiger partial charge is 0.378 e. The van der Waals surface area contributed by atoms with Crippen molar-refractivity contribution in [2.24, 2.45) is 10.7 Å². The molecule has 0 aromatic carbocycles. The van der Waals surface area contributed by atoms with Gasteiger partial charge in [-0.05, 0) is 6.26 Å². The number of hydrogen-bond donors (Lipinski definition) is 1. The van der Waals surface area contributed by atoms with Gasteiger partial charge in [0.05, 0.1) is 12.4 Å². The Morgan fingerprint density at radius 3 is 2.85 bits per heavy atom. The molecule has 0 saturated heterocycles. The molecule has 0 bridgehead atoms. The molecule has 1 rings (SSSR count). The Labute approximate surface area is 102 Å². The van der Waals surface area contributed by atoms with Crippen LogP contribution in [-0.4, -0.2) is 21.4 Å². The number of aromatic nitrogens is 2. The summed E-state index contributed by atoms with van der Waals surface area (Å²) in [4.78, 5) is 11.6. The van der Waals surface area contributed by atoms with Gasteiger partial charge in [-0.3, -0.25) is 4.98 Å². The molecule has 0 aliphatic heterocycles. The number of thioether (sulfide) groups is 1. The van der Waals surface area contributed by atoms with E-state index in [9.17, 15) is 0 Å². The molecule has 4 nitrogen and oxygen atoms in total. The van der Waals surface area contributed by atoms with Crippen LogP contribution < -0.4 is 5.73 Å². The van der Waals surface area contributed by atoms with Crippen LogP contribution in [0.1, 0.15) is 0 Å². The Bertz CT molecular complexity index is 306. The summed E-state index contributed by atoms with van der Waals surface area (Å²) in [7, 11) is 0. The SMILES string of the molecule is CS/C(N)=N/c1cncc(Cl)n1.I. The first-order valence-corrected chi connectivity index (χ1v) is 4.68. The van der Waals surface area contributed by atoms with Gasteiger partial charge in [0, 0.05) is 0 Å². The summed E-state index contributed by atoms with van der Waals surface area (Å²) >= 11 is 6.92. The van der Waals surface area contributed by atoms with E-state index >= 15 is 0 Å². The van der Waals surface area contributed by atoms with E-state index in [1.165, 1.54) is 24.2 Å². The predicted molar refractivity (Wildman–Crippen MR) is 67.3 cm³/mol. The average molecular weight is 331 g/mol. The van der Waals surface area contributed by atoms with Gasteiger partial charge < -0.3 is 5.73 Å². The highest BCUT2D eigenvalue weighted by Gasteiger charge is 1.94. The van der Waals surface area contributed by atoms with E-state index in [0.29, 0.717) is 16.1 Å². The molecular weight excluding hydrogens is 323 g/mol. The molecule has 0 aliphatic rings. The van der Waals surface area contributed by atoms with Gasteiger partial charge in [-0.2, -0.15) is 0 Å². The smallest absolute Gasteiger partial charge is 0.174 e. The zero-order chi connectivity index (χ0) is 8.97. The molecule has 1 heterocycles. The molecule has 1 aromatic heterocycles. The van der Waals surface area contributed by atoms with Crippen LogP contribution in [0.25, 0.3) is 0 Å². The molecule has 13 heavy (non-hydrogen) atoms. The van der Waals surface area contributed by atoms with Gasteiger partial charge in [0.2, 0.25) is 0 Å². The lowest BCUT2D eigenvalue weighted by Gasteiger charge is -1.94. The van der Waals surface area contributed by atoms with Crippen molar-refractivity contribution in [3.05, 3.63) is 17.5 Å². The summed E-state index contributed by atoms with van der Waals surface area (Å²) in [5, 5.41) is 0.747. The van der Waals surface area contributed by atoms with Crippen LogP contribution in [-0.2, 0) is 0 Å². The number of aliphatic imine (C=N–C) groups is 1. The van der Waals surface area contributed by atoms with E-state index < -0.39 is 0 Å². The number of hydrogen-bond acceptors (Lipinski definition) is 4. The molecule has 0 spiro atoms. The number of nitrogens with two attached hydrogens (primary N) is 1. The van der Waals surface area contributed by atoms with Crippen molar-refractivity contribution in [3.8, 4) is 0 Å². The number of halogens is 2. The first-order valence-electron chi connectivity index (χ1n) is 3.08. The van der Waals surface area contributed by atoms with Crippen molar-refractivity contribution in [1.29, 1.82) is 0 Å². The molecule has 0 amide bonds. The monoisotopic (exact) mass is 330 g/mol. The van der Waals surface area contributed by atoms with Gasteiger partial charge in [-0.1, -0.05) is 23.4 Å². The quantitative estimate of drug-likeness (QED) is 0.486. The van der Waals surface area contributed by atoms with Gasteiger partial charge in [-0.25, -0.2) is 9.98 Å². The third-order valence-corrected chi connectivity index (χ3v) is 1.72. The summed E-state index contributed by atoms with van der Waals surface area (Å²) in [6.07, 6.45) is 4.77. The van der Waals surface area contributed by atoms with Gasteiger partial charge in [0.25, 0.3) is 0 Å². The van der Waals surface area contributed by atoms with Gasteiger partial charge >= 0.3 is 0 Å². The fourth-order valence-electron chi connectivity index (χ4n) is 0.545. The first kappa shape index (κ1) is 12.9. The van der Waals surface area contributed by atoms with E-state index in [1.54, 1.807) is 0 Å². The molecule has 7 heteroatoms. The normalized spacial score (nSPS) is 10.8. The van der Waals surface area contributed by atoms with Crippen molar-refractivity contribution >= 4 is 58.3 Å². The van der Waals surface area contributed by atoms with Crippen LogP contribution in [0.2, 0.25) is 5.15 Å². The Balaban J connectivity index is 0.00000144. The minimum absolute atomic E-state index is 0. The standard InChI is InChI=1S/C6H7ClN4S.HI/c1-12-6(8)11-5-3-9-2-4(7)10-5;/h2-3H,1H3,(H2,8,10,11);1H. The molecule has 72 valence electrons. The molecule has 0 aliphatic carbocycles. The summed E-state index contributed by atoms with van der Waals surface area (Å²) in [6, 6.07) is 0. The van der Waals surface area contributed by atoms with Crippen LogP contribution >= 0.6 is 47.3 Å². The molecule has 2 N–H and O–H groups in total. The highest BCUT2D eigenvalue weighted by molar-refractivity contribution is 14.0. The lowest BCUT2D eigenvalue weighted by Crippen LogP contribution is -2.04. The molecule has 0 saturated carbocycles. The summed E-state index contributed by atoms with van der Waals surface area (Å²) < 4.78 is 0. The van der Waals surface area contributed by atoms with E-state index in [2.05, 4.69) is 15.0 Å². The van der Waals surface area contributed by atoms with Crippen molar-refractivity contribution in [3.63, 3.8) is 0 Å². The van der Waals surface area contributed by atoms with Gasteiger partial charge in [-0.15, -0.1) is 24.0 Å². The first-order chi connectivity index (χ1) is 5.72. The Hall–Kier alpha value is -0.0800. The second kappa shape index (κ2) is 6.39. The maximum Gasteiger partial charge on any atom is 0.174 e. The van der Waals surface area contributed by atoms with Crippen molar-refractivity contribution in [2.45, 2.75) is 0 Å². The second-order valence-corrected chi connectivity index (χ2v) is 3.07. The predicted octanol–water partition coefficient (Wildman–Crippen LogP) is 2.06. The Morgan fingerprint density at radius 2 is 2.31 bits per heavy atom. The highest BCUT2D eigenvalue weighted by atomic mass is 127. The molecule has 1 aromatic rings. The maximum absolute atomic E-state index is 5.58. The fraction of sp³-hybridized carbons (Fsp3) is 0.167. The Kier molecular flexibility index (Phi) is 6.35. The molecule has 0 atom stereocenters. The zero-order valence-corrected chi connectivity index (χ0v) is 10.7. The van der Waals surface area contributed by atoms with Crippen LogP contribution in [0.5, 0.6) is 0 Å². The van der Waals surface area contributed by atoms with E-state index in [1.807, 2.05) is 6.26 Å². The Morgan fingerprint density at radius 1 is 1.62 bits per heavy atom. The van der Waals surface area contributed by atoms with E-state index in [0.717, 1.165) is 0 Å². The van der Waals surface area contributed by atoms with Crippen molar-refractivity contribution in [1.82, 2.24) is 9.97 Å². The van der Waals surface area contributed by atoms with Crippen LogP contribution in [0.3, 0.4) is 0 Å². The highest BCUT2D eigenvalue weighted by Crippen LogP contribution is 2.11. The third-order valence-electron chi connectivity index (χ3n) is 1.03. The third kappa shape index (κ3) is 4.63. The summed E-state index contributed by atoms with van der Waals surface area (Å²) in [5.74, 6) is 0.425. The fourth-order valence-corrected chi connectivity index (χ4v) is 0.873. The summed E-state index contributed by atoms with van der Waals surface area (Å²) in [6.45, 7) is 0. The number of rotatable bonds is 1. The molecular formula is C6H8ClIN4S. The molecule has 0 fully saturated rings. The number of amidine groups is 1.